The van der Waals surface area contributed by atoms with Crippen molar-refractivity contribution in [3.05, 3.63) is 22.3 Å². The summed E-state index contributed by atoms with van der Waals surface area (Å²) in [5.74, 6) is 0.948. The van der Waals surface area contributed by atoms with Gasteiger partial charge in [-0.25, -0.2) is 4.98 Å². The number of aromatic nitrogens is 1. The van der Waals surface area contributed by atoms with Crippen molar-refractivity contribution in [3.8, 4) is 0 Å². The van der Waals surface area contributed by atoms with Gasteiger partial charge in [-0.3, -0.25) is 4.90 Å². The van der Waals surface area contributed by atoms with Crippen LogP contribution in [-0.2, 0) is 4.79 Å². The highest BCUT2D eigenvalue weighted by atomic mass is 79.9. The van der Waals surface area contributed by atoms with Crippen molar-refractivity contribution in [1.29, 1.82) is 0 Å². The monoisotopic (exact) mass is 297 g/mol. The molecule has 2 rings (SSSR count). The van der Waals surface area contributed by atoms with E-state index in [-0.39, 0.29) is 6.04 Å². The number of likely N-dealkylation sites (N-methyl/N-ethyl adjacent to an activating group) is 1. The second kappa shape index (κ2) is 5.14. The number of hydrogen-bond acceptors (Lipinski definition) is 4. The molecule has 0 bridgehead atoms. The van der Waals surface area contributed by atoms with Gasteiger partial charge >= 0.3 is 0 Å². The SMILES string of the molecule is CN1CC(c2cnc(N)c(Br)c2)CCC1C=O. The molecule has 0 amide bonds. The number of carbonyl (C=O) groups is 1. The minimum atomic E-state index is 0.0661. The number of aldehydes is 1. The number of nitrogens with two attached hydrogens (primary N) is 1. The van der Waals surface area contributed by atoms with Gasteiger partial charge in [0.2, 0.25) is 0 Å². The third kappa shape index (κ3) is 2.66. The zero-order valence-corrected chi connectivity index (χ0v) is 11.4. The van der Waals surface area contributed by atoms with Gasteiger partial charge in [-0.1, -0.05) is 0 Å². The lowest BCUT2D eigenvalue weighted by Crippen LogP contribution is -2.40. The fraction of sp³-hybridized carbons (Fsp3) is 0.500. The third-order valence-electron chi connectivity index (χ3n) is 3.40. The highest BCUT2D eigenvalue weighted by Gasteiger charge is 2.26. The highest BCUT2D eigenvalue weighted by Crippen LogP contribution is 2.30. The normalized spacial score (nSPS) is 25.8. The van der Waals surface area contributed by atoms with Crippen LogP contribution in [0.2, 0.25) is 0 Å². The smallest absolute Gasteiger partial charge is 0.137 e. The molecule has 2 atom stereocenters. The number of carbonyl (C=O) groups excluding carboxylic acids is 1. The number of nitrogen functional groups attached to an aromatic ring is 1. The minimum absolute atomic E-state index is 0.0661. The maximum Gasteiger partial charge on any atom is 0.137 e. The molecular formula is C12H16BrN3O. The van der Waals surface area contributed by atoms with Gasteiger partial charge in [0.05, 0.1) is 10.5 Å². The van der Waals surface area contributed by atoms with Crippen LogP contribution in [0.4, 0.5) is 5.82 Å². The summed E-state index contributed by atoms with van der Waals surface area (Å²) in [5.41, 5.74) is 6.86. The van der Waals surface area contributed by atoms with E-state index in [9.17, 15) is 4.79 Å². The van der Waals surface area contributed by atoms with Crippen LogP contribution in [0.25, 0.3) is 0 Å². The number of rotatable bonds is 2. The zero-order chi connectivity index (χ0) is 12.4. The van der Waals surface area contributed by atoms with E-state index in [0.717, 1.165) is 30.1 Å². The van der Waals surface area contributed by atoms with Crippen molar-refractivity contribution < 1.29 is 4.79 Å². The minimum Gasteiger partial charge on any atom is -0.383 e. The lowest BCUT2D eigenvalue weighted by Gasteiger charge is -2.34. The maximum absolute atomic E-state index is 10.8. The van der Waals surface area contributed by atoms with E-state index in [1.807, 2.05) is 19.3 Å². The molecule has 1 aliphatic heterocycles. The second-order valence-corrected chi connectivity index (χ2v) is 5.41. The van der Waals surface area contributed by atoms with E-state index in [4.69, 9.17) is 5.73 Å². The quantitative estimate of drug-likeness (QED) is 0.846. The molecule has 0 saturated carbocycles. The summed E-state index contributed by atoms with van der Waals surface area (Å²) in [4.78, 5) is 17.1. The molecule has 2 unspecified atom stereocenters. The number of pyridine rings is 1. The van der Waals surface area contributed by atoms with Crippen LogP contribution in [0, 0.1) is 0 Å². The first kappa shape index (κ1) is 12.5. The molecule has 2 N–H and O–H groups in total. The molecule has 92 valence electrons. The average Bonchev–Trinajstić information content (AvgIpc) is 2.32. The number of halogens is 1. The molecule has 1 aromatic heterocycles. The number of likely N-dealkylation sites (tertiary alicyclic amines) is 1. The van der Waals surface area contributed by atoms with Gasteiger partial charge in [0.25, 0.3) is 0 Å². The van der Waals surface area contributed by atoms with Gasteiger partial charge < -0.3 is 10.5 Å². The lowest BCUT2D eigenvalue weighted by atomic mass is 9.89. The Hall–Kier alpha value is -0.940. The van der Waals surface area contributed by atoms with Crippen molar-refractivity contribution >= 4 is 28.0 Å². The maximum atomic E-state index is 10.8. The van der Waals surface area contributed by atoms with Gasteiger partial charge in [-0.2, -0.15) is 0 Å². The summed E-state index contributed by atoms with van der Waals surface area (Å²) in [6.07, 6.45) is 4.80. The summed E-state index contributed by atoms with van der Waals surface area (Å²) in [6.45, 7) is 0.890. The number of piperidine rings is 1. The van der Waals surface area contributed by atoms with Crippen LogP contribution < -0.4 is 5.73 Å². The van der Waals surface area contributed by atoms with Crippen molar-refractivity contribution in [2.75, 3.05) is 19.3 Å². The van der Waals surface area contributed by atoms with Gasteiger partial charge in [0.15, 0.2) is 0 Å². The molecule has 0 aromatic carbocycles. The van der Waals surface area contributed by atoms with E-state index in [1.165, 1.54) is 5.56 Å². The Bertz CT molecular complexity index is 424. The Morgan fingerprint density at radius 1 is 1.59 bits per heavy atom. The fourth-order valence-corrected chi connectivity index (χ4v) is 2.66. The number of hydrogen-bond donors (Lipinski definition) is 1. The zero-order valence-electron chi connectivity index (χ0n) is 9.77. The molecule has 2 heterocycles. The summed E-state index contributed by atoms with van der Waals surface area (Å²) in [7, 11) is 1.99. The van der Waals surface area contributed by atoms with Crippen molar-refractivity contribution in [1.82, 2.24) is 9.88 Å². The Kier molecular flexibility index (Phi) is 3.79. The van der Waals surface area contributed by atoms with Crippen molar-refractivity contribution in [2.24, 2.45) is 0 Å². The first-order valence-electron chi connectivity index (χ1n) is 5.68. The van der Waals surface area contributed by atoms with Crippen LogP contribution in [0.15, 0.2) is 16.7 Å². The predicted octanol–water partition coefficient (Wildman–Crippen LogP) is 1.80. The van der Waals surface area contributed by atoms with Crippen molar-refractivity contribution in [2.45, 2.75) is 24.8 Å². The third-order valence-corrected chi connectivity index (χ3v) is 4.04. The topological polar surface area (TPSA) is 59.2 Å². The predicted molar refractivity (Wildman–Crippen MR) is 70.8 cm³/mol. The Morgan fingerprint density at radius 2 is 2.35 bits per heavy atom. The van der Waals surface area contributed by atoms with Crippen LogP contribution in [-0.4, -0.2) is 35.8 Å². The number of anilines is 1. The summed E-state index contributed by atoms with van der Waals surface area (Å²) in [6, 6.07) is 2.10. The van der Waals surface area contributed by atoms with Gasteiger partial charge in [-0.05, 0) is 53.4 Å². The van der Waals surface area contributed by atoms with E-state index in [2.05, 4.69) is 25.8 Å². The first-order chi connectivity index (χ1) is 8.11. The lowest BCUT2D eigenvalue weighted by molar-refractivity contribution is -0.113. The largest absolute Gasteiger partial charge is 0.383 e. The number of nitrogens with zero attached hydrogens (tertiary/aromatic N) is 2. The highest BCUT2D eigenvalue weighted by molar-refractivity contribution is 9.10. The molecular weight excluding hydrogens is 282 g/mol. The Labute approximate surface area is 109 Å². The Morgan fingerprint density at radius 3 is 2.94 bits per heavy atom. The van der Waals surface area contributed by atoms with Gasteiger partial charge in [0, 0.05) is 12.7 Å². The summed E-state index contributed by atoms with van der Waals surface area (Å²) >= 11 is 3.40. The van der Waals surface area contributed by atoms with E-state index in [1.54, 1.807) is 0 Å². The molecule has 4 nitrogen and oxygen atoms in total. The fourth-order valence-electron chi connectivity index (χ4n) is 2.30. The molecule has 1 aromatic rings. The van der Waals surface area contributed by atoms with E-state index < -0.39 is 0 Å². The van der Waals surface area contributed by atoms with Gasteiger partial charge in [-0.15, -0.1) is 0 Å². The van der Waals surface area contributed by atoms with Crippen LogP contribution >= 0.6 is 15.9 Å². The molecule has 1 fully saturated rings. The van der Waals surface area contributed by atoms with E-state index in [0.29, 0.717) is 11.7 Å². The van der Waals surface area contributed by atoms with Gasteiger partial charge in [0.1, 0.15) is 12.1 Å². The molecule has 0 radical (unpaired) electrons. The molecule has 1 saturated heterocycles. The van der Waals surface area contributed by atoms with Crippen LogP contribution in [0.3, 0.4) is 0 Å². The first-order valence-corrected chi connectivity index (χ1v) is 6.47. The standard InChI is InChI=1S/C12H16BrN3O/c1-16-6-8(2-3-10(16)7-17)9-4-11(13)12(14)15-5-9/h4-5,7-8,10H,2-3,6H2,1H3,(H2,14,15). The molecule has 0 aliphatic carbocycles. The summed E-state index contributed by atoms with van der Waals surface area (Å²) < 4.78 is 0.843. The second-order valence-electron chi connectivity index (χ2n) is 4.55. The van der Waals surface area contributed by atoms with Crippen LogP contribution in [0.5, 0.6) is 0 Å². The van der Waals surface area contributed by atoms with Crippen molar-refractivity contribution in [3.63, 3.8) is 0 Å². The molecule has 5 heteroatoms. The molecule has 1 aliphatic rings. The average molecular weight is 298 g/mol. The van der Waals surface area contributed by atoms with Crippen LogP contribution in [0.1, 0.15) is 24.3 Å². The molecule has 0 spiro atoms. The summed E-state index contributed by atoms with van der Waals surface area (Å²) in [5, 5.41) is 0. The molecule has 17 heavy (non-hydrogen) atoms. The Balaban J connectivity index is 2.13. The van der Waals surface area contributed by atoms with E-state index >= 15 is 0 Å².